The summed E-state index contributed by atoms with van der Waals surface area (Å²) in [6.07, 6.45) is 2.85. The number of aromatic nitrogens is 4. The van der Waals surface area contributed by atoms with Crippen LogP contribution in [0.4, 0.5) is 0 Å². The summed E-state index contributed by atoms with van der Waals surface area (Å²) in [4.78, 5) is 16.2. The number of H-pyrrole nitrogens is 1. The molecule has 0 fully saturated rings. The first-order valence-corrected chi connectivity index (χ1v) is 7.94. The lowest BCUT2D eigenvalue weighted by molar-refractivity contribution is 0.533. The van der Waals surface area contributed by atoms with Gasteiger partial charge in [0.05, 0.1) is 0 Å². The zero-order valence-corrected chi connectivity index (χ0v) is 13.4. The van der Waals surface area contributed by atoms with E-state index < -0.39 is 0 Å². The van der Waals surface area contributed by atoms with Crippen LogP contribution in [0.5, 0.6) is 0 Å². The van der Waals surface area contributed by atoms with Crippen LogP contribution in [0.25, 0.3) is 0 Å². The van der Waals surface area contributed by atoms with Gasteiger partial charge in [-0.05, 0) is 50.2 Å². The van der Waals surface area contributed by atoms with Crippen LogP contribution in [0.15, 0.2) is 33.3 Å². The maximum atomic E-state index is 11.8. The molecular formula is C14H21N5OS. The fraction of sp³-hybridized carbons (Fsp3) is 0.500. The second kappa shape index (κ2) is 7.42. The van der Waals surface area contributed by atoms with Gasteiger partial charge in [-0.2, -0.15) is 0 Å². The van der Waals surface area contributed by atoms with Gasteiger partial charge in [-0.3, -0.25) is 4.57 Å². The molecule has 2 aromatic heterocycles. The van der Waals surface area contributed by atoms with Crippen molar-refractivity contribution in [3.63, 3.8) is 0 Å². The third-order valence-corrected chi connectivity index (χ3v) is 4.00. The molecule has 2 aromatic rings. The van der Waals surface area contributed by atoms with Gasteiger partial charge in [0, 0.05) is 18.8 Å². The Kier molecular flexibility index (Phi) is 5.58. The summed E-state index contributed by atoms with van der Waals surface area (Å²) < 4.78 is 1.64. The first kappa shape index (κ1) is 15.8. The smallest absolute Gasteiger partial charge is 0.313 e. The fourth-order valence-electron chi connectivity index (χ4n) is 1.95. The monoisotopic (exact) mass is 307 g/mol. The Labute approximate surface area is 128 Å². The number of rotatable bonds is 7. The Morgan fingerprint density at radius 2 is 2.29 bits per heavy atom. The summed E-state index contributed by atoms with van der Waals surface area (Å²) in [7, 11) is 0. The summed E-state index contributed by atoms with van der Waals surface area (Å²) in [5.41, 5.74) is 0.927. The zero-order valence-electron chi connectivity index (χ0n) is 12.6. The Morgan fingerprint density at radius 3 is 3.00 bits per heavy atom. The van der Waals surface area contributed by atoms with Gasteiger partial charge in [0.2, 0.25) is 0 Å². The van der Waals surface area contributed by atoms with E-state index in [1.54, 1.807) is 10.8 Å². The molecule has 0 aromatic carbocycles. The van der Waals surface area contributed by atoms with Gasteiger partial charge >= 0.3 is 5.69 Å². The molecular weight excluding hydrogens is 286 g/mol. The van der Waals surface area contributed by atoms with Crippen LogP contribution < -0.4 is 11.0 Å². The molecule has 0 radical (unpaired) electrons. The molecule has 0 aliphatic carbocycles. The zero-order chi connectivity index (χ0) is 15.2. The second-order valence-corrected chi connectivity index (χ2v) is 5.98. The van der Waals surface area contributed by atoms with Crippen LogP contribution in [0, 0.1) is 0 Å². The highest BCUT2D eigenvalue weighted by Crippen LogP contribution is 2.27. The third-order valence-electron chi connectivity index (χ3n) is 2.97. The molecule has 6 nitrogen and oxygen atoms in total. The number of nitrogens with zero attached hydrogens (tertiary/aromatic N) is 3. The maximum absolute atomic E-state index is 11.8. The minimum atomic E-state index is -0.186. The van der Waals surface area contributed by atoms with E-state index in [-0.39, 0.29) is 11.7 Å². The lowest BCUT2D eigenvalue weighted by Gasteiger charge is -2.11. The summed E-state index contributed by atoms with van der Waals surface area (Å²) in [5.74, 6) is 0. The van der Waals surface area contributed by atoms with Crippen LogP contribution in [0.2, 0.25) is 0 Å². The van der Waals surface area contributed by atoms with Crippen molar-refractivity contribution in [3.8, 4) is 0 Å². The molecule has 0 saturated carbocycles. The van der Waals surface area contributed by atoms with Crippen LogP contribution in [0.3, 0.4) is 0 Å². The standard InChI is InChI=1S/C14H21N5OS/c1-4-7-15-9-11-6-5-8-16-12(11)21-14-18-17-13(20)19(14)10(2)3/h5-6,8,10,15H,4,7,9H2,1-3H3,(H,17,20). The second-order valence-electron chi connectivity index (χ2n) is 5.02. The summed E-state index contributed by atoms with van der Waals surface area (Å²) in [5, 5.41) is 11.5. The van der Waals surface area contributed by atoms with Crippen molar-refractivity contribution in [2.45, 2.75) is 50.0 Å². The normalized spacial score (nSPS) is 11.2. The molecule has 2 heterocycles. The van der Waals surface area contributed by atoms with E-state index in [2.05, 4.69) is 27.4 Å². The molecule has 114 valence electrons. The molecule has 7 heteroatoms. The van der Waals surface area contributed by atoms with Crippen LogP contribution in [-0.4, -0.2) is 26.3 Å². The molecule has 2 N–H and O–H groups in total. The first-order chi connectivity index (χ1) is 10.1. The Bertz CT molecular complexity index is 634. The van der Waals surface area contributed by atoms with Gasteiger partial charge in [0.25, 0.3) is 0 Å². The van der Waals surface area contributed by atoms with Gasteiger partial charge in [-0.15, -0.1) is 5.10 Å². The van der Waals surface area contributed by atoms with Crippen molar-refractivity contribution >= 4 is 11.8 Å². The molecule has 2 rings (SSSR count). The van der Waals surface area contributed by atoms with E-state index in [4.69, 9.17) is 0 Å². The van der Waals surface area contributed by atoms with Gasteiger partial charge in [-0.1, -0.05) is 13.0 Å². The SMILES string of the molecule is CCCNCc1cccnc1Sc1n[nH]c(=O)n1C(C)C. The molecule has 0 bridgehead atoms. The van der Waals surface area contributed by atoms with Gasteiger partial charge < -0.3 is 5.32 Å². The molecule has 21 heavy (non-hydrogen) atoms. The minimum absolute atomic E-state index is 0.0594. The number of nitrogens with one attached hydrogen (secondary N) is 2. The summed E-state index contributed by atoms with van der Waals surface area (Å²) in [6, 6.07) is 4.03. The molecule has 0 saturated heterocycles. The Balaban J connectivity index is 2.22. The molecule has 0 spiro atoms. The molecule has 0 aliphatic rings. The molecule has 0 atom stereocenters. The van der Waals surface area contributed by atoms with E-state index in [0.29, 0.717) is 5.16 Å². The van der Waals surface area contributed by atoms with E-state index >= 15 is 0 Å². The number of hydrogen-bond acceptors (Lipinski definition) is 5. The highest BCUT2D eigenvalue weighted by Gasteiger charge is 2.15. The minimum Gasteiger partial charge on any atom is -0.313 e. The Morgan fingerprint density at radius 1 is 1.48 bits per heavy atom. The molecule has 0 aliphatic heterocycles. The van der Waals surface area contributed by atoms with Gasteiger partial charge in [-0.25, -0.2) is 14.9 Å². The van der Waals surface area contributed by atoms with Crippen LogP contribution in [0.1, 0.15) is 38.8 Å². The van der Waals surface area contributed by atoms with Crippen LogP contribution in [-0.2, 0) is 6.54 Å². The number of pyridine rings is 1. The topological polar surface area (TPSA) is 75.6 Å². The number of hydrogen-bond donors (Lipinski definition) is 2. The van der Waals surface area contributed by atoms with Gasteiger partial charge in [0.15, 0.2) is 5.16 Å². The van der Waals surface area contributed by atoms with Crippen molar-refractivity contribution in [1.29, 1.82) is 0 Å². The average Bonchev–Trinajstić information content (AvgIpc) is 2.82. The predicted octanol–water partition coefficient (Wildman–Crippen LogP) is 2.20. The number of aromatic amines is 1. The van der Waals surface area contributed by atoms with E-state index in [9.17, 15) is 4.79 Å². The highest BCUT2D eigenvalue weighted by molar-refractivity contribution is 7.99. The van der Waals surface area contributed by atoms with Crippen LogP contribution >= 0.6 is 11.8 Å². The maximum Gasteiger partial charge on any atom is 0.344 e. The third kappa shape index (κ3) is 3.95. The Hall–Kier alpha value is -1.60. The average molecular weight is 307 g/mol. The van der Waals surface area contributed by atoms with E-state index in [1.807, 2.05) is 26.0 Å². The van der Waals surface area contributed by atoms with Crippen molar-refractivity contribution in [2.24, 2.45) is 0 Å². The predicted molar refractivity (Wildman–Crippen MR) is 83.6 cm³/mol. The lowest BCUT2D eigenvalue weighted by atomic mass is 10.3. The fourth-order valence-corrected chi connectivity index (χ4v) is 3.00. The quantitative estimate of drug-likeness (QED) is 0.767. The molecule has 0 unspecified atom stereocenters. The summed E-state index contributed by atoms with van der Waals surface area (Å²) in [6.45, 7) is 7.79. The van der Waals surface area contributed by atoms with Crippen molar-refractivity contribution in [2.75, 3.05) is 6.54 Å². The van der Waals surface area contributed by atoms with Crippen molar-refractivity contribution < 1.29 is 0 Å². The van der Waals surface area contributed by atoms with Gasteiger partial charge in [0.1, 0.15) is 5.03 Å². The van der Waals surface area contributed by atoms with Crippen molar-refractivity contribution in [1.82, 2.24) is 25.1 Å². The van der Waals surface area contributed by atoms with E-state index in [0.717, 1.165) is 30.1 Å². The largest absolute Gasteiger partial charge is 0.344 e. The van der Waals surface area contributed by atoms with E-state index in [1.165, 1.54) is 11.8 Å². The molecule has 0 amide bonds. The first-order valence-electron chi connectivity index (χ1n) is 7.12. The van der Waals surface area contributed by atoms with Crippen molar-refractivity contribution in [3.05, 3.63) is 34.4 Å². The summed E-state index contributed by atoms with van der Waals surface area (Å²) >= 11 is 1.42. The highest BCUT2D eigenvalue weighted by atomic mass is 32.2. The lowest BCUT2D eigenvalue weighted by Crippen LogP contribution is -2.19.